The van der Waals surface area contributed by atoms with Crippen LogP contribution in [0, 0.1) is 0 Å². The topological polar surface area (TPSA) is 80.3 Å². The molecule has 0 radical (unpaired) electrons. The molecule has 18 heavy (non-hydrogen) atoms. The molecule has 2 fully saturated rings. The Labute approximate surface area is 106 Å². The average molecular weight is 282 g/mol. The van der Waals surface area contributed by atoms with Crippen LogP contribution in [0.25, 0.3) is 0 Å². The molecule has 0 saturated carbocycles. The molecule has 0 aromatic carbocycles. The van der Waals surface area contributed by atoms with E-state index >= 15 is 0 Å². The summed E-state index contributed by atoms with van der Waals surface area (Å²) in [5.74, 6) is -0.791. The highest BCUT2D eigenvalue weighted by Crippen LogP contribution is 2.36. The van der Waals surface area contributed by atoms with Crippen LogP contribution in [0.3, 0.4) is 0 Å². The summed E-state index contributed by atoms with van der Waals surface area (Å²) in [7, 11) is -2.22. The Morgan fingerprint density at radius 1 is 1.28 bits per heavy atom. The lowest BCUT2D eigenvalue weighted by molar-refractivity contribution is -0.233. The fourth-order valence-corrected chi connectivity index (χ4v) is 2.82. The first-order chi connectivity index (χ1) is 8.22. The Kier molecular flexibility index (Phi) is 3.69. The second-order valence-corrected chi connectivity index (χ2v) is 6.44. The van der Waals surface area contributed by atoms with Gasteiger partial charge in [0, 0.05) is 7.11 Å². The lowest BCUT2D eigenvalue weighted by Gasteiger charge is -2.35. The zero-order valence-corrected chi connectivity index (χ0v) is 11.6. The summed E-state index contributed by atoms with van der Waals surface area (Å²) in [4.78, 5) is 0. The van der Waals surface area contributed by atoms with Crippen molar-refractivity contribution in [1.29, 1.82) is 0 Å². The van der Waals surface area contributed by atoms with E-state index in [1.807, 2.05) is 0 Å². The molecule has 8 heteroatoms. The van der Waals surface area contributed by atoms with Gasteiger partial charge in [0.05, 0.1) is 12.9 Å². The lowest BCUT2D eigenvalue weighted by Crippen LogP contribution is -2.54. The van der Waals surface area contributed by atoms with E-state index in [4.69, 9.17) is 23.1 Å². The minimum atomic E-state index is -3.64. The van der Waals surface area contributed by atoms with Crippen LogP contribution in [0.4, 0.5) is 0 Å². The molecule has 2 heterocycles. The van der Waals surface area contributed by atoms with Crippen LogP contribution in [0.15, 0.2) is 0 Å². The van der Waals surface area contributed by atoms with Crippen molar-refractivity contribution in [3.63, 3.8) is 0 Å². The smallest absolute Gasteiger partial charge is 0.264 e. The van der Waals surface area contributed by atoms with Gasteiger partial charge in [0.15, 0.2) is 18.2 Å². The number of ether oxygens (including phenoxy) is 4. The Balaban J connectivity index is 2.20. The van der Waals surface area contributed by atoms with Gasteiger partial charge in [-0.3, -0.25) is 4.18 Å². The highest BCUT2D eigenvalue weighted by atomic mass is 32.2. The van der Waals surface area contributed by atoms with Crippen molar-refractivity contribution < 1.29 is 31.5 Å². The molecule has 0 aromatic heterocycles. The van der Waals surface area contributed by atoms with Gasteiger partial charge in [0.2, 0.25) is 0 Å². The molecule has 2 aliphatic rings. The summed E-state index contributed by atoms with van der Waals surface area (Å²) >= 11 is 0. The molecule has 0 aromatic rings. The lowest BCUT2D eigenvalue weighted by atomic mass is 10.1. The van der Waals surface area contributed by atoms with Gasteiger partial charge in [-0.25, -0.2) is 0 Å². The van der Waals surface area contributed by atoms with Crippen LogP contribution in [0.2, 0.25) is 0 Å². The fraction of sp³-hybridized carbons (Fsp3) is 1.00. The SMILES string of the molecule is CO[C@@H]1OC[C@@H]2OC(C)(C)O[C@H]2[C@H]1OS(C)(=O)=O. The van der Waals surface area contributed by atoms with Crippen LogP contribution in [0.1, 0.15) is 13.8 Å². The van der Waals surface area contributed by atoms with Gasteiger partial charge in [-0.1, -0.05) is 0 Å². The van der Waals surface area contributed by atoms with Gasteiger partial charge in [-0.15, -0.1) is 0 Å². The van der Waals surface area contributed by atoms with Gasteiger partial charge in [0.1, 0.15) is 12.2 Å². The van der Waals surface area contributed by atoms with E-state index in [1.54, 1.807) is 13.8 Å². The minimum absolute atomic E-state index is 0.274. The third-order valence-electron chi connectivity index (χ3n) is 2.76. The predicted molar refractivity (Wildman–Crippen MR) is 60.3 cm³/mol. The zero-order chi connectivity index (χ0) is 13.6. The van der Waals surface area contributed by atoms with Crippen LogP contribution >= 0.6 is 0 Å². The molecule has 2 rings (SSSR count). The number of methoxy groups -OCH3 is 1. The molecule has 0 aliphatic carbocycles. The van der Waals surface area contributed by atoms with Crippen molar-refractivity contribution in [2.75, 3.05) is 20.0 Å². The van der Waals surface area contributed by atoms with Crippen molar-refractivity contribution in [3.8, 4) is 0 Å². The second kappa shape index (κ2) is 4.69. The highest BCUT2D eigenvalue weighted by Gasteiger charge is 2.53. The van der Waals surface area contributed by atoms with E-state index < -0.39 is 34.4 Å². The molecule has 0 amide bonds. The number of rotatable bonds is 3. The summed E-state index contributed by atoms with van der Waals surface area (Å²) in [6, 6.07) is 0. The monoisotopic (exact) mass is 282 g/mol. The number of fused-ring (bicyclic) bond motifs is 1. The molecular formula is C10H18O7S. The van der Waals surface area contributed by atoms with Crippen molar-refractivity contribution >= 4 is 10.1 Å². The maximum atomic E-state index is 11.3. The van der Waals surface area contributed by atoms with Gasteiger partial charge in [-0.05, 0) is 13.8 Å². The molecular weight excluding hydrogens is 264 g/mol. The van der Waals surface area contributed by atoms with Gasteiger partial charge in [0.25, 0.3) is 10.1 Å². The van der Waals surface area contributed by atoms with E-state index in [-0.39, 0.29) is 12.7 Å². The molecule has 4 atom stereocenters. The first-order valence-electron chi connectivity index (χ1n) is 5.60. The number of hydrogen-bond acceptors (Lipinski definition) is 7. The molecule has 2 aliphatic heterocycles. The summed E-state index contributed by atoms with van der Waals surface area (Å²) in [6.07, 6.45) is -1.58. The summed E-state index contributed by atoms with van der Waals surface area (Å²) in [5.41, 5.74) is 0. The van der Waals surface area contributed by atoms with Crippen molar-refractivity contribution in [3.05, 3.63) is 0 Å². The normalized spacial score (nSPS) is 39.6. The summed E-state index contributed by atoms with van der Waals surface area (Å²) < 4.78 is 49.3. The molecule has 106 valence electrons. The Bertz CT molecular complexity index is 404. The standard InChI is InChI=1S/C10H18O7S/c1-10(2)15-6-5-14-9(13-3)8(7(6)16-10)17-18(4,11)12/h6-9H,5H2,1-4H3/t6-,7+,8+,9+/m0/s1. The molecule has 0 bridgehead atoms. The predicted octanol–water partition coefficient (Wildman–Crippen LogP) is -0.146. The van der Waals surface area contributed by atoms with Crippen LogP contribution in [0.5, 0.6) is 0 Å². The highest BCUT2D eigenvalue weighted by molar-refractivity contribution is 7.86. The second-order valence-electron chi connectivity index (χ2n) is 4.84. The molecule has 0 N–H and O–H groups in total. The van der Waals surface area contributed by atoms with Crippen LogP contribution in [-0.4, -0.2) is 58.8 Å². The Hall–Kier alpha value is -0.250. The van der Waals surface area contributed by atoms with E-state index in [9.17, 15) is 8.42 Å². The van der Waals surface area contributed by atoms with Crippen LogP contribution < -0.4 is 0 Å². The minimum Gasteiger partial charge on any atom is -0.353 e. The molecule has 0 spiro atoms. The van der Waals surface area contributed by atoms with Crippen molar-refractivity contribution in [1.82, 2.24) is 0 Å². The largest absolute Gasteiger partial charge is 0.353 e. The maximum Gasteiger partial charge on any atom is 0.264 e. The third-order valence-corrected chi connectivity index (χ3v) is 3.33. The Morgan fingerprint density at radius 2 is 1.94 bits per heavy atom. The first kappa shape index (κ1) is 14.2. The van der Waals surface area contributed by atoms with E-state index in [2.05, 4.69) is 0 Å². The van der Waals surface area contributed by atoms with Crippen LogP contribution in [-0.2, 0) is 33.2 Å². The van der Waals surface area contributed by atoms with Gasteiger partial charge >= 0.3 is 0 Å². The summed E-state index contributed by atoms with van der Waals surface area (Å²) in [6.45, 7) is 3.78. The Morgan fingerprint density at radius 3 is 2.50 bits per heavy atom. The third kappa shape index (κ3) is 3.01. The summed E-state index contributed by atoms with van der Waals surface area (Å²) in [5, 5.41) is 0. The maximum absolute atomic E-state index is 11.3. The van der Waals surface area contributed by atoms with Crippen molar-refractivity contribution in [2.45, 2.75) is 44.2 Å². The first-order valence-corrected chi connectivity index (χ1v) is 7.42. The molecule has 7 nitrogen and oxygen atoms in total. The average Bonchev–Trinajstić information content (AvgIpc) is 2.51. The number of hydrogen-bond donors (Lipinski definition) is 0. The quantitative estimate of drug-likeness (QED) is 0.666. The van der Waals surface area contributed by atoms with Crippen molar-refractivity contribution in [2.24, 2.45) is 0 Å². The van der Waals surface area contributed by atoms with E-state index in [0.717, 1.165) is 6.26 Å². The zero-order valence-electron chi connectivity index (χ0n) is 10.8. The van der Waals surface area contributed by atoms with E-state index in [1.165, 1.54) is 7.11 Å². The fourth-order valence-electron chi connectivity index (χ4n) is 2.21. The van der Waals surface area contributed by atoms with Gasteiger partial charge < -0.3 is 18.9 Å². The van der Waals surface area contributed by atoms with Gasteiger partial charge in [-0.2, -0.15) is 8.42 Å². The molecule has 2 saturated heterocycles. The molecule has 0 unspecified atom stereocenters. The van der Waals surface area contributed by atoms with E-state index in [0.29, 0.717) is 0 Å².